The third kappa shape index (κ3) is 5.03. The molecule has 0 aliphatic carbocycles. The van der Waals surface area contributed by atoms with Crippen LogP contribution in [0, 0.1) is 5.92 Å². The van der Waals surface area contributed by atoms with Crippen LogP contribution < -0.4 is 5.32 Å². The van der Waals surface area contributed by atoms with E-state index in [0.29, 0.717) is 23.4 Å². The second-order valence-electron chi connectivity index (χ2n) is 7.13. The smallest absolute Gasteiger partial charge is 0.326 e. The maximum Gasteiger partial charge on any atom is 0.334 e. The first kappa shape index (κ1) is 21.3. The van der Waals surface area contributed by atoms with Gasteiger partial charge in [-0.05, 0) is 36.6 Å². The fourth-order valence-corrected chi connectivity index (χ4v) is 2.76. The normalized spacial score (nSPS) is 14.2. The van der Waals surface area contributed by atoms with Crippen LogP contribution in [0.1, 0.15) is 50.4 Å². The van der Waals surface area contributed by atoms with Crippen molar-refractivity contribution in [3.8, 4) is 0 Å². The maximum absolute atomic E-state index is 12.4. The summed E-state index contributed by atoms with van der Waals surface area (Å²) in [6, 6.07) is 5.42. The van der Waals surface area contributed by atoms with Gasteiger partial charge in [0, 0.05) is 24.2 Å². The lowest BCUT2D eigenvalue weighted by atomic mass is 10.1. The lowest BCUT2D eigenvalue weighted by Crippen LogP contribution is -2.37. The number of hydrogen-bond donors (Lipinski definition) is 1. The van der Waals surface area contributed by atoms with Crippen LogP contribution in [-0.4, -0.2) is 52.4 Å². The zero-order chi connectivity index (χ0) is 20.8. The van der Waals surface area contributed by atoms with Crippen molar-refractivity contribution in [3.05, 3.63) is 29.8 Å². The molecule has 1 aliphatic heterocycles. The maximum atomic E-state index is 12.4. The molecule has 0 spiro atoms. The topological polar surface area (TPSA) is 104 Å². The largest absolute Gasteiger partial charge is 0.334 e. The zero-order valence-corrected chi connectivity index (χ0v) is 16.4. The van der Waals surface area contributed by atoms with Crippen LogP contribution in [0.3, 0.4) is 0 Å². The molecule has 1 fully saturated rings. The Bertz CT molecular complexity index is 786. The number of nitrogens with one attached hydrogen (secondary N) is 1. The van der Waals surface area contributed by atoms with Crippen molar-refractivity contribution in [1.29, 1.82) is 0 Å². The minimum Gasteiger partial charge on any atom is -0.326 e. The molecule has 0 bridgehead atoms. The number of urea groups is 1. The number of ketones is 1. The van der Waals surface area contributed by atoms with Crippen molar-refractivity contribution in [2.24, 2.45) is 5.92 Å². The van der Waals surface area contributed by atoms with E-state index >= 15 is 0 Å². The Labute approximate surface area is 163 Å². The Hall–Kier alpha value is -3.03. The number of Topliss-reactive ketones (excluding diaryl/α,β-unsaturated/α-hetero) is 1. The number of imide groups is 2. The SMILES string of the molecule is CCCCN1C(=O)C(=O)N(CC(=O)c2ccc(NC(=O)CC(C)C)cc2)C1=O. The Morgan fingerprint density at radius 1 is 1.00 bits per heavy atom. The molecular formula is C20H25N3O5. The van der Waals surface area contributed by atoms with Gasteiger partial charge in [-0.2, -0.15) is 0 Å². The van der Waals surface area contributed by atoms with Crippen LogP contribution in [-0.2, 0) is 14.4 Å². The lowest BCUT2D eigenvalue weighted by Gasteiger charge is -2.14. The molecule has 1 saturated heterocycles. The summed E-state index contributed by atoms with van der Waals surface area (Å²) in [5.41, 5.74) is 0.832. The van der Waals surface area contributed by atoms with Crippen molar-refractivity contribution in [2.75, 3.05) is 18.4 Å². The number of rotatable bonds is 9. The van der Waals surface area contributed by atoms with E-state index in [1.54, 1.807) is 12.1 Å². The van der Waals surface area contributed by atoms with Gasteiger partial charge < -0.3 is 5.32 Å². The molecular weight excluding hydrogens is 362 g/mol. The van der Waals surface area contributed by atoms with Gasteiger partial charge in [-0.3, -0.25) is 24.1 Å². The molecule has 0 aromatic heterocycles. The first-order valence-electron chi connectivity index (χ1n) is 9.35. The van der Waals surface area contributed by atoms with Gasteiger partial charge in [-0.15, -0.1) is 0 Å². The van der Waals surface area contributed by atoms with E-state index in [0.717, 1.165) is 11.3 Å². The molecule has 0 atom stereocenters. The Morgan fingerprint density at radius 3 is 2.18 bits per heavy atom. The number of benzene rings is 1. The first-order valence-corrected chi connectivity index (χ1v) is 9.35. The number of carbonyl (C=O) groups is 5. The molecule has 1 aromatic rings. The van der Waals surface area contributed by atoms with Crippen LogP contribution in [0.2, 0.25) is 0 Å². The summed E-state index contributed by atoms with van der Waals surface area (Å²) in [7, 11) is 0. The molecule has 2 rings (SSSR count). The third-order valence-corrected chi connectivity index (χ3v) is 4.26. The summed E-state index contributed by atoms with van der Waals surface area (Å²) in [5.74, 6) is -2.22. The average Bonchev–Trinajstić information content (AvgIpc) is 2.83. The van der Waals surface area contributed by atoms with E-state index < -0.39 is 30.2 Å². The summed E-state index contributed by atoms with van der Waals surface area (Å²) >= 11 is 0. The first-order chi connectivity index (χ1) is 13.2. The van der Waals surface area contributed by atoms with Gasteiger partial charge in [0.1, 0.15) is 0 Å². The van der Waals surface area contributed by atoms with E-state index in [1.807, 2.05) is 20.8 Å². The highest BCUT2D eigenvalue weighted by molar-refractivity contribution is 6.45. The summed E-state index contributed by atoms with van der Waals surface area (Å²) in [6.45, 7) is 5.45. The molecule has 1 aromatic carbocycles. The van der Waals surface area contributed by atoms with E-state index in [9.17, 15) is 24.0 Å². The molecule has 8 nitrogen and oxygen atoms in total. The van der Waals surface area contributed by atoms with Crippen LogP contribution in [0.4, 0.5) is 10.5 Å². The summed E-state index contributed by atoms with van der Waals surface area (Å²) < 4.78 is 0. The van der Waals surface area contributed by atoms with E-state index in [2.05, 4.69) is 5.32 Å². The van der Waals surface area contributed by atoms with Gasteiger partial charge in [0.25, 0.3) is 0 Å². The molecule has 0 unspecified atom stereocenters. The Balaban J connectivity index is 2.00. The van der Waals surface area contributed by atoms with Gasteiger partial charge in [0.05, 0.1) is 6.54 Å². The Morgan fingerprint density at radius 2 is 1.61 bits per heavy atom. The van der Waals surface area contributed by atoms with Crippen LogP contribution in [0.5, 0.6) is 0 Å². The van der Waals surface area contributed by atoms with Crippen LogP contribution in [0.15, 0.2) is 24.3 Å². The fourth-order valence-electron chi connectivity index (χ4n) is 2.76. The summed E-state index contributed by atoms with van der Waals surface area (Å²) in [5, 5.41) is 2.74. The van der Waals surface area contributed by atoms with Crippen molar-refractivity contribution in [1.82, 2.24) is 9.80 Å². The third-order valence-electron chi connectivity index (χ3n) is 4.26. The molecule has 1 aliphatic rings. The molecule has 5 amide bonds. The van der Waals surface area contributed by atoms with E-state index in [4.69, 9.17) is 0 Å². The van der Waals surface area contributed by atoms with Crippen molar-refractivity contribution < 1.29 is 24.0 Å². The zero-order valence-electron chi connectivity index (χ0n) is 16.4. The number of amides is 5. The minimum atomic E-state index is -0.980. The number of carbonyl (C=O) groups excluding carboxylic acids is 5. The summed E-state index contributed by atoms with van der Waals surface area (Å²) in [6.07, 6.45) is 1.75. The highest BCUT2D eigenvalue weighted by atomic mass is 16.2. The van der Waals surface area contributed by atoms with Gasteiger partial charge in [-0.25, -0.2) is 9.69 Å². The predicted molar refractivity (Wildman–Crippen MR) is 103 cm³/mol. The average molecular weight is 387 g/mol. The van der Waals surface area contributed by atoms with Gasteiger partial charge in [0.15, 0.2) is 5.78 Å². The van der Waals surface area contributed by atoms with Crippen LogP contribution in [0.25, 0.3) is 0 Å². The van der Waals surface area contributed by atoms with Gasteiger partial charge in [0.2, 0.25) is 5.91 Å². The molecule has 28 heavy (non-hydrogen) atoms. The van der Waals surface area contributed by atoms with E-state index in [-0.39, 0.29) is 23.9 Å². The van der Waals surface area contributed by atoms with Gasteiger partial charge >= 0.3 is 17.8 Å². The molecule has 0 saturated carbocycles. The van der Waals surface area contributed by atoms with Crippen molar-refractivity contribution in [3.63, 3.8) is 0 Å². The fraction of sp³-hybridized carbons (Fsp3) is 0.450. The standard InChI is InChI=1S/C20H25N3O5/c1-4-5-10-22-18(26)19(27)23(20(22)28)12-16(24)14-6-8-15(9-7-14)21-17(25)11-13(2)3/h6-9,13H,4-5,10-12H2,1-3H3,(H,21,25). The summed E-state index contributed by atoms with van der Waals surface area (Å²) in [4.78, 5) is 62.0. The number of hydrogen-bond acceptors (Lipinski definition) is 5. The van der Waals surface area contributed by atoms with Crippen LogP contribution >= 0.6 is 0 Å². The second kappa shape index (κ2) is 9.25. The predicted octanol–water partition coefficient (Wildman–Crippen LogP) is 2.44. The van der Waals surface area contributed by atoms with E-state index in [1.165, 1.54) is 12.1 Å². The molecule has 1 heterocycles. The van der Waals surface area contributed by atoms with Gasteiger partial charge in [-0.1, -0.05) is 27.2 Å². The molecule has 0 radical (unpaired) electrons. The number of nitrogens with zero attached hydrogens (tertiary/aromatic N) is 2. The molecule has 150 valence electrons. The molecule has 1 N–H and O–H groups in total. The molecule has 8 heteroatoms. The number of anilines is 1. The highest BCUT2D eigenvalue weighted by Gasteiger charge is 2.44. The lowest BCUT2D eigenvalue weighted by molar-refractivity contribution is -0.143. The minimum absolute atomic E-state index is 0.118. The Kier molecular flexibility index (Phi) is 7.03. The van der Waals surface area contributed by atoms with Crippen molar-refractivity contribution in [2.45, 2.75) is 40.0 Å². The van der Waals surface area contributed by atoms with Crippen molar-refractivity contribution >= 4 is 35.2 Å². The number of unbranched alkanes of at least 4 members (excludes halogenated alkanes) is 1. The second-order valence-corrected chi connectivity index (χ2v) is 7.13. The highest BCUT2D eigenvalue weighted by Crippen LogP contribution is 2.16. The quantitative estimate of drug-likeness (QED) is 0.398. The monoisotopic (exact) mass is 387 g/mol.